The summed E-state index contributed by atoms with van der Waals surface area (Å²) in [7, 11) is 3.53. The van der Waals surface area contributed by atoms with Gasteiger partial charge in [0, 0.05) is 13.6 Å². The fourth-order valence-electron chi connectivity index (χ4n) is 1.39. The summed E-state index contributed by atoms with van der Waals surface area (Å²) in [4.78, 5) is 11.9. The smallest absolute Gasteiger partial charge is 0.259 e. The van der Waals surface area contributed by atoms with Crippen molar-refractivity contribution in [3.63, 3.8) is 0 Å². The van der Waals surface area contributed by atoms with Gasteiger partial charge in [0.25, 0.3) is 5.91 Å². The zero-order valence-electron chi connectivity index (χ0n) is 9.49. The minimum atomic E-state index is -1.27. The molecule has 0 fully saturated rings. The lowest BCUT2D eigenvalue weighted by Crippen LogP contribution is -2.59. The molecule has 0 spiro atoms. The molecule has 1 rings (SSSR count). The first-order valence-electron chi connectivity index (χ1n) is 5.32. The van der Waals surface area contributed by atoms with Crippen molar-refractivity contribution in [3.8, 4) is 0 Å². The van der Waals surface area contributed by atoms with Crippen LogP contribution in [0.25, 0.3) is 0 Å². The monoisotopic (exact) mass is 220 g/mol. The second-order valence-corrected chi connectivity index (χ2v) is 3.61. The van der Waals surface area contributed by atoms with Gasteiger partial charge in [-0.2, -0.15) is 0 Å². The lowest BCUT2D eigenvalue weighted by molar-refractivity contribution is -0.127. The summed E-state index contributed by atoms with van der Waals surface area (Å²) in [6.07, 6.45) is 0.869. The summed E-state index contributed by atoms with van der Waals surface area (Å²) in [5.41, 5.74) is 5.44. The number of hydrogen-bond donors (Lipinski definition) is 3. The van der Waals surface area contributed by atoms with Crippen molar-refractivity contribution in [3.05, 3.63) is 42.9 Å². The second-order valence-electron chi connectivity index (χ2n) is 3.61. The lowest BCUT2D eigenvalue weighted by atomic mass is 9.99. The molecule has 0 heterocycles. The molecule has 0 aliphatic heterocycles. The molecule has 4 heteroatoms. The summed E-state index contributed by atoms with van der Waals surface area (Å²) in [5.74, 6) is -0.268. The van der Waals surface area contributed by atoms with E-state index in [1.165, 1.54) is 0 Å². The van der Waals surface area contributed by atoms with Crippen molar-refractivity contribution in [1.29, 1.82) is 0 Å². The number of hydrogen-bond acceptors (Lipinski definition) is 3. The van der Waals surface area contributed by atoms with Gasteiger partial charge in [0.15, 0.2) is 5.66 Å². The van der Waals surface area contributed by atoms with Gasteiger partial charge in [0.2, 0.25) is 0 Å². The van der Waals surface area contributed by atoms with Gasteiger partial charge in [-0.25, -0.2) is 0 Å². The van der Waals surface area contributed by atoms with E-state index in [0.717, 1.165) is 6.42 Å². The largest absolute Gasteiger partial charge is 0.353 e. The van der Waals surface area contributed by atoms with Crippen molar-refractivity contribution in [2.45, 2.75) is 19.0 Å². The predicted molar refractivity (Wildman–Crippen MR) is 64.1 cm³/mol. The molecule has 0 saturated carbocycles. The zero-order chi connectivity index (χ0) is 12.0. The average Bonchev–Trinajstić information content (AvgIpc) is 2.35. The maximum Gasteiger partial charge on any atom is 0.259 e. The van der Waals surface area contributed by atoms with E-state index in [9.17, 15) is 4.79 Å². The zero-order valence-corrected chi connectivity index (χ0v) is 9.49. The van der Waals surface area contributed by atoms with E-state index in [1.807, 2.05) is 25.1 Å². The van der Waals surface area contributed by atoms with Crippen LogP contribution in [0.3, 0.4) is 0 Å². The van der Waals surface area contributed by atoms with E-state index in [1.54, 1.807) is 12.1 Å². The molecule has 1 unspecified atom stereocenters. The minimum absolute atomic E-state index is 0.268. The third kappa shape index (κ3) is 2.59. The Kier molecular flexibility index (Phi) is 4.46. The van der Waals surface area contributed by atoms with Gasteiger partial charge >= 0.3 is 0 Å². The van der Waals surface area contributed by atoms with Crippen molar-refractivity contribution in [2.75, 3.05) is 6.54 Å². The summed E-state index contributed by atoms with van der Waals surface area (Å²) in [5, 5.41) is 5.38. The molecule has 1 aromatic rings. The van der Waals surface area contributed by atoms with Gasteiger partial charge in [0.1, 0.15) is 0 Å². The molecule has 0 aromatic heterocycles. The first-order chi connectivity index (χ1) is 7.65. The molecule has 0 bridgehead atoms. The van der Waals surface area contributed by atoms with Crippen LogP contribution in [0.15, 0.2) is 30.3 Å². The van der Waals surface area contributed by atoms with Gasteiger partial charge in [-0.05, 0) is 12.0 Å². The van der Waals surface area contributed by atoms with Crippen molar-refractivity contribution in [2.24, 2.45) is 5.73 Å². The van der Waals surface area contributed by atoms with Crippen molar-refractivity contribution < 1.29 is 4.79 Å². The molecular formula is C12H18N3O. The highest BCUT2D eigenvalue weighted by Gasteiger charge is 2.33. The Hall–Kier alpha value is -1.39. The number of amides is 1. The molecule has 0 aliphatic rings. The van der Waals surface area contributed by atoms with E-state index in [-0.39, 0.29) is 5.91 Å². The molecule has 1 atom stereocenters. The number of nitrogens with two attached hydrogens (primary N) is 1. The fourth-order valence-corrected chi connectivity index (χ4v) is 1.39. The molecule has 16 heavy (non-hydrogen) atoms. The van der Waals surface area contributed by atoms with Crippen LogP contribution in [0, 0.1) is 7.05 Å². The quantitative estimate of drug-likeness (QED) is 0.640. The van der Waals surface area contributed by atoms with Crippen LogP contribution >= 0.6 is 0 Å². The Morgan fingerprint density at radius 2 is 2.06 bits per heavy atom. The molecule has 1 radical (unpaired) electrons. The Morgan fingerprint density at radius 1 is 1.44 bits per heavy atom. The molecule has 1 aromatic carbocycles. The SMILES string of the molecule is [CH2]NC(N)(C(=O)NCCC)c1ccccc1. The maximum atomic E-state index is 11.9. The minimum Gasteiger partial charge on any atom is -0.353 e. The average molecular weight is 220 g/mol. The van der Waals surface area contributed by atoms with Crippen LogP contribution in [-0.4, -0.2) is 12.5 Å². The van der Waals surface area contributed by atoms with E-state index >= 15 is 0 Å². The number of nitrogens with one attached hydrogen (secondary N) is 2. The van der Waals surface area contributed by atoms with Gasteiger partial charge in [-0.1, -0.05) is 37.3 Å². The lowest BCUT2D eigenvalue weighted by Gasteiger charge is -2.27. The van der Waals surface area contributed by atoms with Crippen LogP contribution in [0.4, 0.5) is 0 Å². The van der Waals surface area contributed by atoms with E-state index < -0.39 is 5.66 Å². The highest BCUT2D eigenvalue weighted by atomic mass is 16.2. The summed E-state index contributed by atoms with van der Waals surface area (Å²) in [6, 6.07) is 9.13. The number of benzene rings is 1. The standard InChI is InChI=1S/C12H18N3O/c1-3-9-15-11(16)12(13,14-2)10-7-5-4-6-8-10/h4-8,14H,2-3,9,13H2,1H3,(H,15,16). The maximum absolute atomic E-state index is 11.9. The summed E-state index contributed by atoms with van der Waals surface area (Å²) in [6.45, 7) is 2.59. The van der Waals surface area contributed by atoms with Gasteiger partial charge < -0.3 is 11.1 Å². The van der Waals surface area contributed by atoms with E-state index in [0.29, 0.717) is 12.1 Å². The number of carbonyl (C=O) groups excluding carboxylic acids is 1. The number of carbonyl (C=O) groups is 1. The van der Waals surface area contributed by atoms with E-state index in [2.05, 4.69) is 17.7 Å². The topological polar surface area (TPSA) is 67.1 Å². The van der Waals surface area contributed by atoms with Crippen LogP contribution in [0.2, 0.25) is 0 Å². The van der Waals surface area contributed by atoms with Gasteiger partial charge in [0.05, 0.1) is 0 Å². The second kappa shape index (κ2) is 5.63. The van der Waals surface area contributed by atoms with Crippen LogP contribution in [0.5, 0.6) is 0 Å². The predicted octanol–water partition coefficient (Wildman–Crippen LogP) is 0.705. The van der Waals surface area contributed by atoms with Gasteiger partial charge in [-0.3, -0.25) is 10.1 Å². The molecule has 0 saturated heterocycles. The number of rotatable bonds is 5. The van der Waals surface area contributed by atoms with Crippen molar-refractivity contribution in [1.82, 2.24) is 10.6 Å². The highest BCUT2D eigenvalue weighted by molar-refractivity contribution is 5.87. The van der Waals surface area contributed by atoms with Crippen LogP contribution in [0.1, 0.15) is 18.9 Å². The van der Waals surface area contributed by atoms with Crippen molar-refractivity contribution >= 4 is 5.91 Å². The Morgan fingerprint density at radius 3 is 2.56 bits per heavy atom. The summed E-state index contributed by atoms with van der Waals surface area (Å²) < 4.78 is 0. The molecule has 4 nitrogen and oxygen atoms in total. The normalized spacial score (nSPS) is 14.2. The highest BCUT2D eigenvalue weighted by Crippen LogP contribution is 2.14. The Bertz CT molecular complexity index is 339. The van der Waals surface area contributed by atoms with Gasteiger partial charge in [-0.15, -0.1) is 0 Å². The molecule has 0 aliphatic carbocycles. The fraction of sp³-hybridized carbons (Fsp3) is 0.333. The molecular weight excluding hydrogens is 202 g/mol. The van der Waals surface area contributed by atoms with Crippen LogP contribution < -0.4 is 16.4 Å². The molecule has 87 valence electrons. The summed E-state index contributed by atoms with van der Waals surface area (Å²) >= 11 is 0. The third-order valence-electron chi connectivity index (χ3n) is 2.40. The first kappa shape index (κ1) is 12.7. The first-order valence-corrected chi connectivity index (χ1v) is 5.32. The van der Waals surface area contributed by atoms with Crippen LogP contribution in [-0.2, 0) is 10.5 Å². The third-order valence-corrected chi connectivity index (χ3v) is 2.40. The Balaban J connectivity index is 2.89. The Labute approximate surface area is 96.2 Å². The van der Waals surface area contributed by atoms with E-state index in [4.69, 9.17) is 5.73 Å². The molecule has 1 amide bonds. The molecule has 4 N–H and O–H groups in total.